The SMILES string of the molecule is COc1ccc2c(C)c(CCC(=O)Nc3cccc(-c4noc(=O)[nH]4)c3)c(=O)oc2c1. The maximum Gasteiger partial charge on any atom is 0.439 e. The molecular weight excluding hydrogens is 402 g/mol. The fraction of sp³-hybridized carbons (Fsp3) is 0.182. The highest BCUT2D eigenvalue weighted by Crippen LogP contribution is 2.24. The van der Waals surface area contributed by atoms with Crippen LogP contribution in [0.15, 0.2) is 61.0 Å². The minimum Gasteiger partial charge on any atom is -0.497 e. The van der Waals surface area contributed by atoms with E-state index in [9.17, 15) is 14.4 Å². The van der Waals surface area contributed by atoms with Crippen LogP contribution in [0, 0.1) is 6.92 Å². The second-order valence-corrected chi connectivity index (χ2v) is 6.93. The van der Waals surface area contributed by atoms with Crippen LogP contribution >= 0.6 is 0 Å². The summed E-state index contributed by atoms with van der Waals surface area (Å²) in [5, 5.41) is 7.21. The average Bonchev–Trinajstić information content (AvgIpc) is 3.19. The van der Waals surface area contributed by atoms with Crippen LogP contribution < -0.4 is 21.4 Å². The monoisotopic (exact) mass is 421 g/mol. The third-order valence-electron chi connectivity index (χ3n) is 4.96. The minimum atomic E-state index is -0.660. The number of carbonyl (C=O) groups excluding carboxylic acids is 1. The molecule has 0 aliphatic heterocycles. The van der Waals surface area contributed by atoms with Gasteiger partial charge in [-0.25, -0.2) is 9.59 Å². The fourth-order valence-corrected chi connectivity index (χ4v) is 3.35. The Labute approximate surface area is 175 Å². The van der Waals surface area contributed by atoms with Gasteiger partial charge in [0.2, 0.25) is 5.91 Å². The van der Waals surface area contributed by atoms with Gasteiger partial charge >= 0.3 is 11.4 Å². The molecule has 2 N–H and O–H groups in total. The lowest BCUT2D eigenvalue weighted by atomic mass is 10.0. The number of aromatic nitrogens is 2. The van der Waals surface area contributed by atoms with Crippen LogP contribution in [-0.4, -0.2) is 23.2 Å². The number of nitrogens with zero attached hydrogens (tertiary/aromatic N) is 1. The molecular formula is C22H19N3O6. The van der Waals surface area contributed by atoms with Crippen molar-refractivity contribution in [1.29, 1.82) is 0 Å². The quantitative estimate of drug-likeness (QED) is 0.458. The van der Waals surface area contributed by atoms with E-state index in [1.807, 2.05) is 13.0 Å². The summed E-state index contributed by atoms with van der Waals surface area (Å²) < 4.78 is 15.1. The summed E-state index contributed by atoms with van der Waals surface area (Å²) >= 11 is 0. The standard InChI is InChI=1S/C22H19N3O6/c1-12-16-7-6-15(29-2)11-18(16)30-21(27)17(12)8-9-19(26)23-14-5-3-4-13(10-14)20-24-22(28)31-25-20/h3-7,10-11H,8-9H2,1-2H3,(H,23,26)(H,24,25,28). The van der Waals surface area contributed by atoms with Gasteiger partial charge in [-0.05, 0) is 43.2 Å². The van der Waals surface area contributed by atoms with Crippen LogP contribution in [0.1, 0.15) is 17.5 Å². The molecule has 0 aliphatic rings. The molecule has 2 aromatic carbocycles. The van der Waals surface area contributed by atoms with Crippen LogP contribution in [0.25, 0.3) is 22.4 Å². The Morgan fingerprint density at radius 2 is 2.03 bits per heavy atom. The largest absolute Gasteiger partial charge is 0.497 e. The number of hydrogen-bond acceptors (Lipinski definition) is 7. The summed E-state index contributed by atoms with van der Waals surface area (Å²) in [6, 6.07) is 12.1. The number of rotatable bonds is 6. The molecule has 0 aliphatic carbocycles. The summed E-state index contributed by atoms with van der Waals surface area (Å²) in [4.78, 5) is 38.5. The topological polar surface area (TPSA) is 127 Å². The van der Waals surface area contributed by atoms with E-state index in [1.165, 1.54) is 0 Å². The molecule has 0 radical (unpaired) electrons. The molecule has 31 heavy (non-hydrogen) atoms. The minimum absolute atomic E-state index is 0.0955. The molecule has 2 heterocycles. The summed E-state index contributed by atoms with van der Waals surface area (Å²) in [7, 11) is 1.54. The zero-order valence-electron chi connectivity index (χ0n) is 16.9. The molecule has 0 saturated heterocycles. The lowest BCUT2D eigenvalue weighted by molar-refractivity contribution is -0.116. The number of amides is 1. The summed E-state index contributed by atoms with van der Waals surface area (Å²) in [6.45, 7) is 1.83. The van der Waals surface area contributed by atoms with Crippen LogP contribution in [0.4, 0.5) is 5.69 Å². The molecule has 2 aromatic heterocycles. The van der Waals surface area contributed by atoms with Crippen molar-refractivity contribution in [1.82, 2.24) is 10.1 Å². The number of carbonyl (C=O) groups is 1. The number of aromatic amines is 1. The van der Waals surface area contributed by atoms with Gasteiger partial charge in [0.1, 0.15) is 11.3 Å². The third-order valence-corrected chi connectivity index (χ3v) is 4.96. The zero-order valence-corrected chi connectivity index (χ0v) is 16.9. The van der Waals surface area contributed by atoms with Crippen LogP contribution in [-0.2, 0) is 11.2 Å². The number of nitrogens with one attached hydrogen (secondary N) is 2. The van der Waals surface area contributed by atoms with Gasteiger partial charge in [0, 0.05) is 34.7 Å². The Balaban J connectivity index is 1.48. The first kappa shape index (κ1) is 20.1. The summed E-state index contributed by atoms with van der Waals surface area (Å²) in [5.41, 5.74) is 2.33. The molecule has 9 heteroatoms. The molecule has 0 bridgehead atoms. The summed E-state index contributed by atoms with van der Waals surface area (Å²) in [5.74, 6) is -0.0619. The number of fused-ring (bicyclic) bond motifs is 1. The molecule has 1 amide bonds. The van der Waals surface area contributed by atoms with Crippen molar-refractivity contribution in [2.75, 3.05) is 12.4 Å². The smallest absolute Gasteiger partial charge is 0.439 e. The lowest BCUT2D eigenvalue weighted by Crippen LogP contribution is -2.16. The summed E-state index contributed by atoms with van der Waals surface area (Å²) in [6.07, 6.45) is 0.330. The second kappa shape index (κ2) is 8.31. The van der Waals surface area contributed by atoms with Gasteiger partial charge in [-0.1, -0.05) is 17.3 Å². The van der Waals surface area contributed by atoms with Gasteiger partial charge in [-0.2, -0.15) is 0 Å². The van der Waals surface area contributed by atoms with Crippen molar-refractivity contribution in [3.8, 4) is 17.1 Å². The third kappa shape index (κ3) is 4.25. The van der Waals surface area contributed by atoms with E-state index < -0.39 is 11.4 Å². The number of methoxy groups -OCH3 is 1. The lowest BCUT2D eigenvalue weighted by Gasteiger charge is -2.09. The average molecular weight is 421 g/mol. The van der Waals surface area contributed by atoms with Gasteiger partial charge < -0.3 is 14.5 Å². The highest BCUT2D eigenvalue weighted by atomic mass is 16.5. The zero-order chi connectivity index (χ0) is 22.0. The maximum atomic E-state index is 12.5. The number of anilines is 1. The van der Waals surface area contributed by atoms with Gasteiger partial charge in [0.05, 0.1) is 7.11 Å². The van der Waals surface area contributed by atoms with Gasteiger partial charge in [0.15, 0.2) is 5.82 Å². The fourth-order valence-electron chi connectivity index (χ4n) is 3.35. The molecule has 158 valence electrons. The van der Waals surface area contributed by atoms with E-state index in [0.717, 1.165) is 10.9 Å². The Morgan fingerprint density at radius 1 is 1.19 bits per heavy atom. The molecule has 9 nitrogen and oxygen atoms in total. The van der Waals surface area contributed by atoms with Crippen molar-refractivity contribution in [2.24, 2.45) is 0 Å². The molecule has 0 fully saturated rings. The molecule has 4 aromatic rings. The van der Waals surface area contributed by atoms with E-state index in [0.29, 0.717) is 28.1 Å². The van der Waals surface area contributed by atoms with Crippen LogP contribution in [0.3, 0.4) is 0 Å². The number of hydrogen-bond donors (Lipinski definition) is 2. The first-order chi connectivity index (χ1) is 14.9. The van der Waals surface area contributed by atoms with E-state index in [-0.39, 0.29) is 24.6 Å². The number of ether oxygens (including phenoxy) is 1. The van der Waals surface area contributed by atoms with Crippen molar-refractivity contribution in [3.05, 3.63) is 74.6 Å². The van der Waals surface area contributed by atoms with Crippen molar-refractivity contribution < 1.29 is 18.5 Å². The Bertz CT molecular complexity index is 1380. The molecule has 0 spiro atoms. The van der Waals surface area contributed by atoms with E-state index in [2.05, 4.69) is 20.0 Å². The molecule has 0 unspecified atom stereocenters. The van der Waals surface area contributed by atoms with Gasteiger partial charge in [0.25, 0.3) is 0 Å². The highest BCUT2D eigenvalue weighted by molar-refractivity contribution is 5.91. The Kier molecular flexibility index (Phi) is 5.40. The second-order valence-electron chi connectivity index (χ2n) is 6.93. The van der Waals surface area contributed by atoms with E-state index in [4.69, 9.17) is 9.15 Å². The first-order valence-electron chi connectivity index (χ1n) is 9.51. The molecule has 0 saturated carbocycles. The predicted molar refractivity (Wildman–Crippen MR) is 113 cm³/mol. The molecule has 0 atom stereocenters. The van der Waals surface area contributed by atoms with E-state index >= 15 is 0 Å². The van der Waals surface area contributed by atoms with E-state index in [1.54, 1.807) is 43.5 Å². The maximum absolute atomic E-state index is 12.5. The van der Waals surface area contributed by atoms with Crippen LogP contribution in [0.5, 0.6) is 5.75 Å². The first-order valence-corrected chi connectivity index (χ1v) is 9.51. The molecule has 4 rings (SSSR count). The predicted octanol–water partition coefficient (Wildman–Crippen LogP) is 3.02. The van der Waals surface area contributed by atoms with Crippen LogP contribution in [0.2, 0.25) is 0 Å². The Hall–Kier alpha value is -4.14. The highest BCUT2D eigenvalue weighted by Gasteiger charge is 2.14. The number of benzene rings is 2. The van der Waals surface area contributed by atoms with Crippen molar-refractivity contribution in [2.45, 2.75) is 19.8 Å². The normalized spacial score (nSPS) is 10.9. The van der Waals surface area contributed by atoms with Crippen molar-refractivity contribution in [3.63, 3.8) is 0 Å². The van der Waals surface area contributed by atoms with Gasteiger partial charge in [-0.3, -0.25) is 14.3 Å². The number of aryl methyl sites for hydroxylation is 1. The van der Waals surface area contributed by atoms with Gasteiger partial charge in [-0.15, -0.1) is 0 Å². The Morgan fingerprint density at radius 3 is 2.77 bits per heavy atom. The van der Waals surface area contributed by atoms with Crippen molar-refractivity contribution >= 4 is 22.6 Å². The number of H-pyrrole nitrogens is 1.